The van der Waals surface area contributed by atoms with Crippen LogP contribution in [-0.4, -0.2) is 0 Å². The Kier molecular flexibility index (Phi) is 2.01. The second kappa shape index (κ2) is 3.17. The summed E-state index contributed by atoms with van der Waals surface area (Å²) in [6.45, 7) is 4.45. The van der Waals surface area contributed by atoms with Crippen LogP contribution in [0.1, 0.15) is 25.3 Å². The highest BCUT2D eigenvalue weighted by Gasteiger charge is 2.09. The fraction of sp³-hybridized carbons (Fsp3) is 0.250. The molecule has 2 heterocycles. The van der Waals surface area contributed by atoms with Crippen LogP contribution in [0.3, 0.4) is 0 Å². The van der Waals surface area contributed by atoms with E-state index in [1.54, 1.807) is 0 Å². The standard InChI is InChI=1S/C12H14N/c1-10(2)11-6-5-9-13-8-4-3-7-12(11)13/h3-10H,1-2H3/q+1. The Morgan fingerprint density at radius 3 is 2.54 bits per heavy atom. The number of fused-ring (bicyclic) bond motifs is 1. The second-order valence-electron chi connectivity index (χ2n) is 3.61. The summed E-state index contributed by atoms with van der Waals surface area (Å²) in [5.41, 5.74) is 2.71. The van der Waals surface area contributed by atoms with Crippen molar-refractivity contribution in [1.82, 2.24) is 0 Å². The van der Waals surface area contributed by atoms with Gasteiger partial charge < -0.3 is 0 Å². The van der Waals surface area contributed by atoms with Crippen LogP contribution in [0.4, 0.5) is 0 Å². The average Bonchev–Trinajstić information content (AvgIpc) is 2.17. The summed E-state index contributed by atoms with van der Waals surface area (Å²) in [6, 6.07) is 10.6. The minimum absolute atomic E-state index is 0.582. The van der Waals surface area contributed by atoms with E-state index < -0.39 is 0 Å². The van der Waals surface area contributed by atoms with Crippen molar-refractivity contribution in [3.63, 3.8) is 0 Å². The number of rotatable bonds is 1. The molecular formula is C12H14N+. The van der Waals surface area contributed by atoms with E-state index >= 15 is 0 Å². The first-order valence-corrected chi connectivity index (χ1v) is 4.68. The maximum absolute atomic E-state index is 2.22. The van der Waals surface area contributed by atoms with Crippen molar-refractivity contribution >= 4 is 5.52 Å². The summed E-state index contributed by atoms with van der Waals surface area (Å²) in [7, 11) is 0. The van der Waals surface area contributed by atoms with Crippen molar-refractivity contribution in [3.8, 4) is 0 Å². The van der Waals surface area contributed by atoms with E-state index in [9.17, 15) is 0 Å². The highest BCUT2D eigenvalue weighted by atomic mass is 14.8. The highest BCUT2D eigenvalue weighted by molar-refractivity contribution is 5.48. The van der Waals surface area contributed by atoms with Gasteiger partial charge in [0.1, 0.15) is 0 Å². The van der Waals surface area contributed by atoms with Crippen LogP contribution in [0.15, 0.2) is 42.7 Å². The summed E-state index contributed by atoms with van der Waals surface area (Å²) in [6.07, 6.45) is 4.17. The third-order valence-electron chi connectivity index (χ3n) is 2.33. The lowest BCUT2D eigenvalue weighted by atomic mass is 10.0. The lowest BCUT2D eigenvalue weighted by molar-refractivity contribution is -0.512. The summed E-state index contributed by atoms with van der Waals surface area (Å²) in [4.78, 5) is 0. The van der Waals surface area contributed by atoms with Crippen LogP contribution in [0, 0.1) is 0 Å². The molecule has 0 aliphatic carbocycles. The van der Waals surface area contributed by atoms with Gasteiger partial charge in [-0.25, -0.2) is 0 Å². The summed E-state index contributed by atoms with van der Waals surface area (Å²) < 4.78 is 2.16. The molecule has 0 saturated heterocycles. The Labute approximate surface area is 78.7 Å². The molecule has 1 nitrogen and oxygen atoms in total. The SMILES string of the molecule is CC(C)c1ccc[n+]2ccccc12. The predicted octanol–water partition coefficient (Wildman–Crippen LogP) is 2.55. The van der Waals surface area contributed by atoms with Crippen molar-refractivity contribution in [2.75, 3.05) is 0 Å². The summed E-state index contributed by atoms with van der Waals surface area (Å²) >= 11 is 0. The highest BCUT2D eigenvalue weighted by Crippen LogP contribution is 2.16. The molecule has 0 saturated carbocycles. The molecule has 0 fully saturated rings. The third kappa shape index (κ3) is 1.42. The van der Waals surface area contributed by atoms with Gasteiger partial charge in [-0.2, -0.15) is 4.40 Å². The number of hydrogen-bond donors (Lipinski definition) is 0. The molecule has 1 heteroatoms. The first-order chi connectivity index (χ1) is 6.29. The first kappa shape index (κ1) is 8.24. The summed E-state index contributed by atoms with van der Waals surface area (Å²) in [5.74, 6) is 0.582. The second-order valence-corrected chi connectivity index (χ2v) is 3.61. The molecule has 0 aliphatic rings. The molecule has 0 unspecified atom stereocenters. The van der Waals surface area contributed by atoms with Crippen LogP contribution in [0.2, 0.25) is 0 Å². The van der Waals surface area contributed by atoms with Crippen LogP contribution >= 0.6 is 0 Å². The van der Waals surface area contributed by atoms with Crippen molar-refractivity contribution < 1.29 is 4.40 Å². The molecule has 0 aliphatic heterocycles. The Bertz CT molecular complexity index is 413. The minimum Gasteiger partial charge on any atom is -0.167 e. The van der Waals surface area contributed by atoms with E-state index in [1.165, 1.54) is 11.1 Å². The lowest BCUT2D eigenvalue weighted by Gasteiger charge is -2.03. The fourth-order valence-electron chi connectivity index (χ4n) is 1.64. The monoisotopic (exact) mass is 172 g/mol. The van der Waals surface area contributed by atoms with Gasteiger partial charge in [-0.05, 0) is 18.1 Å². The molecule has 13 heavy (non-hydrogen) atoms. The van der Waals surface area contributed by atoms with Crippen molar-refractivity contribution in [1.29, 1.82) is 0 Å². The topological polar surface area (TPSA) is 4.10 Å². The lowest BCUT2D eigenvalue weighted by Crippen LogP contribution is -2.21. The molecule has 2 aromatic rings. The van der Waals surface area contributed by atoms with Crippen molar-refractivity contribution in [2.24, 2.45) is 0 Å². The van der Waals surface area contributed by atoms with Gasteiger partial charge >= 0.3 is 0 Å². The molecule has 2 rings (SSSR count). The molecule has 0 aromatic carbocycles. The normalized spacial score (nSPS) is 11.0. The maximum atomic E-state index is 2.22. The first-order valence-electron chi connectivity index (χ1n) is 4.68. The van der Waals surface area contributed by atoms with E-state index in [0.29, 0.717) is 5.92 Å². The average molecular weight is 172 g/mol. The van der Waals surface area contributed by atoms with E-state index in [1.807, 2.05) is 0 Å². The van der Waals surface area contributed by atoms with Gasteiger partial charge in [0.05, 0.1) is 0 Å². The van der Waals surface area contributed by atoms with E-state index in [4.69, 9.17) is 0 Å². The van der Waals surface area contributed by atoms with Gasteiger partial charge in [0.2, 0.25) is 5.52 Å². The molecule has 0 spiro atoms. The van der Waals surface area contributed by atoms with Crippen LogP contribution in [0.25, 0.3) is 5.52 Å². The number of nitrogens with zero attached hydrogens (tertiary/aromatic N) is 1. The van der Waals surface area contributed by atoms with E-state index in [0.717, 1.165) is 0 Å². The van der Waals surface area contributed by atoms with Gasteiger partial charge in [0.15, 0.2) is 12.4 Å². The number of aromatic nitrogens is 1. The van der Waals surface area contributed by atoms with E-state index in [2.05, 4.69) is 61.0 Å². The van der Waals surface area contributed by atoms with Gasteiger partial charge in [-0.15, -0.1) is 0 Å². The molecule has 0 bridgehead atoms. The van der Waals surface area contributed by atoms with Crippen LogP contribution in [-0.2, 0) is 0 Å². The minimum atomic E-state index is 0.582. The van der Waals surface area contributed by atoms with Gasteiger partial charge in [-0.1, -0.05) is 13.8 Å². The summed E-state index contributed by atoms with van der Waals surface area (Å²) in [5, 5.41) is 0. The molecule has 0 N–H and O–H groups in total. The quantitative estimate of drug-likeness (QED) is 0.582. The molecule has 0 amide bonds. The Morgan fingerprint density at radius 1 is 1.00 bits per heavy atom. The molecule has 0 radical (unpaired) electrons. The Balaban J connectivity index is 2.76. The van der Waals surface area contributed by atoms with Crippen molar-refractivity contribution in [3.05, 3.63) is 48.3 Å². The fourth-order valence-corrected chi connectivity index (χ4v) is 1.64. The molecule has 66 valence electrons. The van der Waals surface area contributed by atoms with Crippen LogP contribution < -0.4 is 4.40 Å². The predicted molar refractivity (Wildman–Crippen MR) is 53.7 cm³/mol. The Hall–Kier alpha value is -1.37. The van der Waals surface area contributed by atoms with Gasteiger partial charge in [0.25, 0.3) is 0 Å². The number of hydrogen-bond acceptors (Lipinski definition) is 0. The zero-order chi connectivity index (χ0) is 9.26. The molecular weight excluding hydrogens is 158 g/mol. The number of pyridine rings is 2. The Morgan fingerprint density at radius 2 is 1.77 bits per heavy atom. The molecule has 2 aromatic heterocycles. The van der Waals surface area contributed by atoms with Crippen molar-refractivity contribution in [2.45, 2.75) is 19.8 Å². The zero-order valence-electron chi connectivity index (χ0n) is 8.07. The van der Waals surface area contributed by atoms with Gasteiger partial charge in [-0.3, -0.25) is 0 Å². The third-order valence-corrected chi connectivity index (χ3v) is 2.33. The zero-order valence-corrected chi connectivity index (χ0v) is 8.07. The van der Waals surface area contributed by atoms with E-state index in [-0.39, 0.29) is 0 Å². The molecule has 0 atom stereocenters. The van der Waals surface area contributed by atoms with Gasteiger partial charge in [0, 0.05) is 23.8 Å². The largest absolute Gasteiger partial charge is 0.214 e. The smallest absolute Gasteiger partial charge is 0.167 e. The maximum Gasteiger partial charge on any atom is 0.214 e. The van der Waals surface area contributed by atoms with Crippen LogP contribution in [0.5, 0.6) is 0 Å².